The molecular weight excluding hydrogens is 334 g/mol. The molecule has 2 N–H and O–H groups in total. The maximum absolute atomic E-state index is 12.4. The fourth-order valence-corrected chi connectivity index (χ4v) is 2.64. The van der Waals surface area contributed by atoms with Gasteiger partial charge < -0.3 is 10.6 Å². The molecule has 0 aliphatic rings. The SMILES string of the molecule is CCc1ccc(C(C)N/C=C(/C#N)C(=O)Nc2ccc(C(C)C)cc2)cc1. The van der Waals surface area contributed by atoms with Gasteiger partial charge in [-0.1, -0.05) is 57.2 Å². The average Bonchev–Trinajstić information content (AvgIpc) is 2.68. The van der Waals surface area contributed by atoms with E-state index in [1.54, 1.807) is 0 Å². The highest BCUT2D eigenvalue weighted by Gasteiger charge is 2.11. The monoisotopic (exact) mass is 361 g/mol. The predicted molar refractivity (Wildman–Crippen MR) is 110 cm³/mol. The summed E-state index contributed by atoms with van der Waals surface area (Å²) in [5, 5.41) is 15.2. The summed E-state index contributed by atoms with van der Waals surface area (Å²) in [5.74, 6) is 0.0113. The molecule has 1 unspecified atom stereocenters. The molecule has 140 valence electrons. The van der Waals surface area contributed by atoms with Crippen LogP contribution in [0, 0.1) is 11.3 Å². The van der Waals surface area contributed by atoms with Crippen LogP contribution in [0.1, 0.15) is 56.3 Å². The summed E-state index contributed by atoms with van der Waals surface area (Å²) < 4.78 is 0. The summed E-state index contributed by atoms with van der Waals surface area (Å²) in [7, 11) is 0. The summed E-state index contributed by atoms with van der Waals surface area (Å²) in [5.41, 5.74) is 4.30. The second kappa shape index (κ2) is 9.59. The van der Waals surface area contributed by atoms with E-state index in [1.165, 1.54) is 17.3 Å². The number of hydrogen-bond donors (Lipinski definition) is 2. The summed E-state index contributed by atoms with van der Waals surface area (Å²) in [4.78, 5) is 12.4. The van der Waals surface area contributed by atoms with E-state index in [4.69, 9.17) is 0 Å². The Bertz CT molecular complexity index is 827. The highest BCUT2D eigenvalue weighted by atomic mass is 16.1. The van der Waals surface area contributed by atoms with Crippen LogP contribution in [0.2, 0.25) is 0 Å². The van der Waals surface area contributed by atoms with Crippen LogP contribution in [0.25, 0.3) is 0 Å². The number of aryl methyl sites for hydroxylation is 1. The fourth-order valence-electron chi connectivity index (χ4n) is 2.64. The van der Waals surface area contributed by atoms with Gasteiger partial charge in [0.25, 0.3) is 5.91 Å². The van der Waals surface area contributed by atoms with Crippen LogP contribution in [-0.2, 0) is 11.2 Å². The highest BCUT2D eigenvalue weighted by molar-refractivity contribution is 6.06. The molecule has 0 bridgehead atoms. The molecule has 0 radical (unpaired) electrons. The molecule has 0 fully saturated rings. The molecule has 2 aromatic carbocycles. The first kappa shape index (κ1) is 20.3. The van der Waals surface area contributed by atoms with Crippen molar-refractivity contribution in [2.24, 2.45) is 0 Å². The van der Waals surface area contributed by atoms with E-state index in [-0.39, 0.29) is 11.6 Å². The maximum atomic E-state index is 12.4. The van der Waals surface area contributed by atoms with E-state index in [9.17, 15) is 10.1 Å². The summed E-state index contributed by atoms with van der Waals surface area (Å²) >= 11 is 0. The molecule has 27 heavy (non-hydrogen) atoms. The number of hydrogen-bond acceptors (Lipinski definition) is 3. The van der Waals surface area contributed by atoms with Crippen LogP contribution in [0.3, 0.4) is 0 Å². The van der Waals surface area contributed by atoms with Crippen LogP contribution in [0.4, 0.5) is 5.69 Å². The molecule has 1 atom stereocenters. The van der Waals surface area contributed by atoms with Gasteiger partial charge in [0, 0.05) is 17.9 Å². The van der Waals surface area contributed by atoms with Crippen molar-refractivity contribution in [1.29, 1.82) is 5.26 Å². The van der Waals surface area contributed by atoms with Crippen molar-refractivity contribution in [3.8, 4) is 6.07 Å². The lowest BCUT2D eigenvalue weighted by Crippen LogP contribution is -2.18. The van der Waals surface area contributed by atoms with Crippen LogP contribution < -0.4 is 10.6 Å². The van der Waals surface area contributed by atoms with Gasteiger partial charge in [-0.05, 0) is 48.1 Å². The molecule has 4 nitrogen and oxygen atoms in total. The Morgan fingerprint density at radius 2 is 1.63 bits per heavy atom. The molecule has 1 amide bonds. The van der Waals surface area contributed by atoms with Crippen molar-refractivity contribution in [3.63, 3.8) is 0 Å². The molecule has 2 rings (SSSR count). The average molecular weight is 361 g/mol. The second-order valence-corrected chi connectivity index (χ2v) is 6.88. The van der Waals surface area contributed by atoms with Gasteiger partial charge in [-0.15, -0.1) is 0 Å². The van der Waals surface area contributed by atoms with Crippen LogP contribution in [0.5, 0.6) is 0 Å². The minimum Gasteiger partial charge on any atom is -0.383 e. The zero-order chi connectivity index (χ0) is 19.8. The third-order valence-electron chi connectivity index (χ3n) is 4.57. The summed E-state index contributed by atoms with van der Waals surface area (Å²) in [6, 6.07) is 17.9. The Kier molecular flexibility index (Phi) is 7.19. The first-order valence-electron chi connectivity index (χ1n) is 9.31. The molecule has 0 saturated carbocycles. The van der Waals surface area contributed by atoms with Crippen LogP contribution >= 0.6 is 0 Å². The number of nitrogens with zero attached hydrogens (tertiary/aromatic N) is 1. The number of nitriles is 1. The van der Waals surface area contributed by atoms with Crippen molar-refractivity contribution < 1.29 is 4.79 Å². The van der Waals surface area contributed by atoms with Gasteiger partial charge in [0.05, 0.1) is 0 Å². The van der Waals surface area contributed by atoms with Gasteiger partial charge in [-0.25, -0.2) is 0 Å². The van der Waals surface area contributed by atoms with E-state index in [0.717, 1.165) is 12.0 Å². The number of rotatable bonds is 7. The number of benzene rings is 2. The topological polar surface area (TPSA) is 64.9 Å². The van der Waals surface area contributed by atoms with Gasteiger partial charge >= 0.3 is 0 Å². The number of anilines is 1. The molecular formula is C23H27N3O. The minimum atomic E-state index is -0.421. The maximum Gasteiger partial charge on any atom is 0.267 e. The third-order valence-corrected chi connectivity index (χ3v) is 4.57. The molecule has 4 heteroatoms. The molecule has 0 aliphatic heterocycles. The number of carbonyl (C=O) groups excluding carboxylic acids is 1. The standard InChI is InChI=1S/C23H27N3O/c1-5-18-6-8-20(9-7-18)17(4)25-15-21(14-24)23(27)26-22-12-10-19(11-13-22)16(2)3/h6-13,15-17,25H,5H2,1-4H3,(H,26,27)/b21-15-. The van der Waals surface area contributed by atoms with E-state index in [2.05, 4.69) is 55.7 Å². The number of nitrogens with one attached hydrogen (secondary N) is 2. The van der Waals surface area contributed by atoms with Gasteiger partial charge in [0.2, 0.25) is 0 Å². The van der Waals surface area contributed by atoms with Crippen molar-refractivity contribution >= 4 is 11.6 Å². The molecule has 0 aromatic heterocycles. The smallest absolute Gasteiger partial charge is 0.267 e. The van der Waals surface area contributed by atoms with Crippen molar-refractivity contribution in [1.82, 2.24) is 5.32 Å². The lowest BCUT2D eigenvalue weighted by atomic mass is 10.0. The lowest BCUT2D eigenvalue weighted by Gasteiger charge is -2.13. The van der Waals surface area contributed by atoms with E-state index in [1.807, 2.05) is 37.3 Å². The first-order chi connectivity index (χ1) is 12.9. The molecule has 0 heterocycles. The van der Waals surface area contributed by atoms with Gasteiger partial charge in [-0.3, -0.25) is 4.79 Å². The second-order valence-electron chi connectivity index (χ2n) is 6.88. The van der Waals surface area contributed by atoms with Crippen molar-refractivity contribution in [2.75, 3.05) is 5.32 Å². The zero-order valence-electron chi connectivity index (χ0n) is 16.4. The first-order valence-corrected chi connectivity index (χ1v) is 9.31. The quantitative estimate of drug-likeness (QED) is 0.534. The fraction of sp³-hybridized carbons (Fsp3) is 0.304. The van der Waals surface area contributed by atoms with Crippen LogP contribution in [0.15, 0.2) is 60.3 Å². The normalized spacial score (nSPS) is 12.4. The Labute approximate surface area is 161 Å². The molecule has 0 aliphatic carbocycles. The van der Waals surface area contributed by atoms with Gasteiger partial charge in [0.1, 0.15) is 11.6 Å². The van der Waals surface area contributed by atoms with E-state index >= 15 is 0 Å². The van der Waals surface area contributed by atoms with Crippen molar-refractivity contribution in [3.05, 3.63) is 77.0 Å². The molecule has 0 saturated heterocycles. The number of carbonyl (C=O) groups is 1. The van der Waals surface area contributed by atoms with Crippen LogP contribution in [-0.4, -0.2) is 5.91 Å². The van der Waals surface area contributed by atoms with Crippen molar-refractivity contribution in [2.45, 2.75) is 46.1 Å². The third kappa shape index (κ3) is 5.72. The Morgan fingerprint density at radius 3 is 2.15 bits per heavy atom. The number of amides is 1. The largest absolute Gasteiger partial charge is 0.383 e. The Morgan fingerprint density at radius 1 is 1.04 bits per heavy atom. The lowest BCUT2D eigenvalue weighted by molar-refractivity contribution is -0.112. The summed E-state index contributed by atoms with van der Waals surface area (Å²) in [6.07, 6.45) is 2.48. The van der Waals surface area contributed by atoms with Gasteiger partial charge in [0.15, 0.2) is 0 Å². The van der Waals surface area contributed by atoms with Gasteiger partial charge in [-0.2, -0.15) is 5.26 Å². The Hall–Kier alpha value is -3.06. The Balaban J connectivity index is 2.01. The molecule has 0 spiro atoms. The minimum absolute atomic E-state index is 0.00242. The summed E-state index contributed by atoms with van der Waals surface area (Å²) in [6.45, 7) is 8.35. The van der Waals surface area contributed by atoms with E-state index in [0.29, 0.717) is 11.6 Å². The highest BCUT2D eigenvalue weighted by Crippen LogP contribution is 2.18. The molecule has 2 aromatic rings. The van der Waals surface area contributed by atoms with E-state index < -0.39 is 5.91 Å². The zero-order valence-corrected chi connectivity index (χ0v) is 16.4. The predicted octanol–water partition coefficient (Wildman–Crippen LogP) is 5.07.